The van der Waals surface area contributed by atoms with Crippen LogP contribution >= 0.6 is 0 Å². The molecule has 0 saturated heterocycles. The van der Waals surface area contributed by atoms with Crippen LogP contribution in [0.15, 0.2) is 24.3 Å². The summed E-state index contributed by atoms with van der Waals surface area (Å²) in [5, 5.41) is 12.8. The van der Waals surface area contributed by atoms with E-state index in [4.69, 9.17) is 0 Å². The van der Waals surface area contributed by atoms with E-state index >= 15 is 0 Å². The van der Waals surface area contributed by atoms with Gasteiger partial charge in [0.15, 0.2) is 5.82 Å². The molecule has 1 aliphatic carbocycles. The molecule has 0 bridgehead atoms. The molecular weight excluding hydrogens is 328 g/mol. The molecule has 0 spiro atoms. The highest BCUT2D eigenvalue weighted by atomic mass is 16.2. The van der Waals surface area contributed by atoms with E-state index in [1.165, 1.54) is 39.0 Å². The zero-order chi connectivity index (χ0) is 18.5. The fourth-order valence-corrected chi connectivity index (χ4v) is 3.56. The second kappa shape index (κ2) is 8.17. The lowest BCUT2D eigenvalue weighted by Crippen LogP contribution is -2.15. The van der Waals surface area contributed by atoms with Crippen molar-refractivity contribution in [1.29, 1.82) is 0 Å². The normalized spacial score (nSPS) is 14.8. The van der Waals surface area contributed by atoms with E-state index < -0.39 is 0 Å². The Bertz CT molecular complexity index is 791. The lowest BCUT2D eigenvalue weighted by atomic mass is 9.86. The summed E-state index contributed by atoms with van der Waals surface area (Å²) in [6.07, 6.45) is 7.50. The number of rotatable bonds is 5. The average molecular weight is 354 g/mol. The fraction of sp³-hybridized carbons (Fsp3) is 0.450. The zero-order valence-electron chi connectivity index (χ0n) is 15.4. The van der Waals surface area contributed by atoms with Crippen molar-refractivity contribution in [3.63, 3.8) is 0 Å². The van der Waals surface area contributed by atoms with Crippen LogP contribution in [-0.2, 0) is 11.2 Å². The first kappa shape index (κ1) is 18.2. The lowest BCUT2D eigenvalue weighted by molar-refractivity contribution is -0.114. The summed E-state index contributed by atoms with van der Waals surface area (Å²) in [4.78, 5) is 23.8. The van der Waals surface area contributed by atoms with E-state index in [-0.39, 0.29) is 11.8 Å². The molecular formula is C20H26N4O2. The molecule has 1 heterocycles. The van der Waals surface area contributed by atoms with Crippen LogP contribution in [0, 0.1) is 12.8 Å². The minimum Gasteiger partial charge on any atom is -0.326 e. The van der Waals surface area contributed by atoms with Gasteiger partial charge in [-0.2, -0.15) is 5.10 Å². The Morgan fingerprint density at radius 3 is 2.65 bits per heavy atom. The van der Waals surface area contributed by atoms with E-state index in [1.54, 1.807) is 12.1 Å². The quantitative estimate of drug-likeness (QED) is 0.757. The van der Waals surface area contributed by atoms with Crippen LogP contribution in [0.25, 0.3) is 0 Å². The van der Waals surface area contributed by atoms with Crippen LogP contribution in [0.5, 0.6) is 0 Å². The maximum absolute atomic E-state index is 12.6. The number of benzene rings is 1. The molecule has 1 aromatic carbocycles. The number of hydrogen-bond donors (Lipinski definition) is 3. The highest BCUT2D eigenvalue weighted by molar-refractivity contribution is 6.05. The third kappa shape index (κ3) is 4.71. The summed E-state index contributed by atoms with van der Waals surface area (Å²) in [6.45, 7) is 3.31. The number of H-pyrrole nitrogens is 1. The van der Waals surface area contributed by atoms with Crippen LogP contribution in [0.1, 0.15) is 60.6 Å². The Kier molecular flexibility index (Phi) is 5.71. The summed E-state index contributed by atoms with van der Waals surface area (Å²) in [7, 11) is 0. The fourth-order valence-electron chi connectivity index (χ4n) is 3.56. The number of nitrogens with zero attached hydrogens (tertiary/aromatic N) is 1. The minimum absolute atomic E-state index is 0.167. The molecule has 26 heavy (non-hydrogen) atoms. The third-order valence-electron chi connectivity index (χ3n) is 4.91. The van der Waals surface area contributed by atoms with Crippen molar-refractivity contribution in [3.05, 3.63) is 41.1 Å². The molecule has 0 aliphatic heterocycles. The van der Waals surface area contributed by atoms with Gasteiger partial charge in [-0.05, 0) is 37.0 Å². The van der Waals surface area contributed by atoms with Gasteiger partial charge in [0, 0.05) is 29.9 Å². The Hall–Kier alpha value is -2.63. The van der Waals surface area contributed by atoms with E-state index in [1.807, 2.05) is 19.1 Å². The summed E-state index contributed by atoms with van der Waals surface area (Å²) < 4.78 is 0. The Balaban J connectivity index is 1.65. The Labute approximate surface area is 153 Å². The van der Waals surface area contributed by atoms with Gasteiger partial charge in [0.1, 0.15) is 0 Å². The summed E-state index contributed by atoms with van der Waals surface area (Å²) in [6, 6.07) is 7.20. The van der Waals surface area contributed by atoms with Gasteiger partial charge in [0.05, 0.1) is 0 Å². The van der Waals surface area contributed by atoms with Crippen molar-refractivity contribution in [2.45, 2.75) is 52.4 Å². The molecule has 2 amide bonds. The maximum atomic E-state index is 12.6. The molecule has 3 N–H and O–H groups in total. The van der Waals surface area contributed by atoms with Gasteiger partial charge in [-0.1, -0.05) is 38.2 Å². The average Bonchev–Trinajstić information content (AvgIpc) is 3.04. The maximum Gasteiger partial charge on any atom is 0.257 e. The van der Waals surface area contributed by atoms with Crippen LogP contribution in [-0.4, -0.2) is 22.0 Å². The number of carbonyl (C=O) groups excluding carboxylic acids is 2. The van der Waals surface area contributed by atoms with Crippen molar-refractivity contribution in [2.75, 3.05) is 10.6 Å². The number of nitrogens with one attached hydrogen (secondary N) is 3. The largest absolute Gasteiger partial charge is 0.326 e. The highest BCUT2D eigenvalue weighted by Gasteiger charge is 2.16. The van der Waals surface area contributed by atoms with Crippen molar-refractivity contribution in [3.8, 4) is 0 Å². The van der Waals surface area contributed by atoms with E-state index in [9.17, 15) is 9.59 Å². The van der Waals surface area contributed by atoms with E-state index in [0.29, 0.717) is 23.0 Å². The molecule has 3 rings (SSSR count). The first-order chi connectivity index (χ1) is 12.5. The second-order valence-corrected chi connectivity index (χ2v) is 7.15. The molecule has 1 fully saturated rings. The molecule has 0 unspecified atom stereocenters. The molecule has 0 radical (unpaired) electrons. The highest BCUT2D eigenvalue weighted by Crippen LogP contribution is 2.27. The monoisotopic (exact) mass is 354 g/mol. The molecule has 1 aliphatic rings. The smallest absolute Gasteiger partial charge is 0.257 e. The number of hydrogen-bond acceptors (Lipinski definition) is 3. The summed E-state index contributed by atoms with van der Waals surface area (Å²) in [5.41, 5.74) is 3.03. The van der Waals surface area contributed by atoms with Crippen molar-refractivity contribution >= 4 is 23.3 Å². The molecule has 6 nitrogen and oxygen atoms in total. The predicted octanol–water partition coefficient (Wildman–Crippen LogP) is 4.05. The number of aromatic amines is 1. The Morgan fingerprint density at radius 1 is 1.15 bits per heavy atom. The molecule has 0 atom stereocenters. The Morgan fingerprint density at radius 2 is 1.92 bits per heavy atom. The van der Waals surface area contributed by atoms with E-state index in [0.717, 1.165) is 17.7 Å². The van der Waals surface area contributed by atoms with Crippen molar-refractivity contribution in [2.24, 2.45) is 5.92 Å². The van der Waals surface area contributed by atoms with Crippen molar-refractivity contribution in [1.82, 2.24) is 10.2 Å². The first-order valence-electron chi connectivity index (χ1n) is 9.25. The van der Waals surface area contributed by atoms with Crippen LogP contribution in [0.2, 0.25) is 0 Å². The van der Waals surface area contributed by atoms with E-state index in [2.05, 4.69) is 20.8 Å². The lowest BCUT2D eigenvalue weighted by Gasteiger charge is -2.20. The number of anilines is 2. The zero-order valence-corrected chi connectivity index (χ0v) is 15.4. The van der Waals surface area contributed by atoms with Gasteiger partial charge in [-0.25, -0.2) is 0 Å². The van der Waals surface area contributed by atoms with Gasteiger partial charge >= 0.3 is 0 Å². The molecule has 138 valence electrons. The standard InChI is InChI=1S/C20H26N4O2/c1-13-8-9-16(21-14(2)25)11-18(13)20(26)22-19-12-17(23-24-19)10-15-6-4-3-5-7-15/h8-9,11-12,15H,3-7,10H2,1-2H3,(H,21,25)(H2,22,23,24,26). The topological polar surface area (TPSA) is 86.9 Å². The molecule has 1 saturated carbocycles. The predicted molar refractivity (Wildman–Crippen MR) is 102 cm³/mol. The summed E-state index contributed by atoms with van der Waals surface area (Å²) >= 11 is 0. The molecule has 1 aromatic heterocycles. The van der Waals surface area contributed by atoms with Gasteiger partial charge in [-0.15, -0.1) is 0 Å². The summed E-state index contributed by atoms with van der Waals surface area (Å²) in [5.74, 6) is 0.847. The number of aromatic nitrogens is 2. The number of amides is 2. The van der Waals surface area contributed by atoms with Crippen LogP contribution < -0.4 is 10.6 Å². The molecule has 6 heteroatoms. The SMILES string of the molecule is CC(=O)Nc1ccc(C)c(C(=O)Nc2cc(CC3CCCCC3)[nH]n2)c1. The minimum atomic E-state index is -0.231. The second-order valence-electron chi connectivity index (χ2n) is 7.15. The number of carbonyl (C=O) groups is 2. The first-order valence-corrected chi connectivity index (χ1v) is 9.25. The van der Waals surface area contributed by atoms with Gasteiger partial charge in [-0.3, -0.25) is 14.7 Å². The van der Waals surface area contributed by atoms with Gasteiger partial charge in [0.25, 0.3) is 5.91 Å². The molecule has 2 aromatic rings. The number of aryl methyl sites for hydroxylation is 1. The van der Waals surface area contributed by atoms with Crippen molar-refractivity contribution < 1.29 is 9.59 Å². The van der Waals surface area contributed by atoms with Gasteiger partial charge in [0.2, 0.25) is 5.91 Å². The van der Waals surface area contributed by atoms with Gasteiger partial charge < -0.3 is 10.6 Å². The third-order valence-corrected chi connectivity index (χ3v) is 4.91. The van der Waals surface area contributed by atoms with Crippen LogP contribution in [0.3, 0.4) is 0 Å². The van der Waals surface area contributed by atoms with Crippen LogP contribution in [0.4, 0.5) is 11.5 Å².